The minimum absolute atomic E-state index is 0.0400. The van der Waals surface area contributed by atoms with Crippen molar-refractivity contribution in [2.75, 3.05) is 20.8 Å². The molecule has 2 aromatic rings. The zero-order valence-corrected chi connectivity index (χ0v) is 13.0. The maximum atomic E-state index is 11.7. The Kier molecular flexibility index (Phi) is 5.81. The molecule has 1 aromatic carbocycles. The number of aliphatic hydroxyl groups is 1. The van der Waals surface area contributed by atoms with Crippen molar-refractivity contribution in [3.63, 3.8) is 0 Å². The second-order valence-electron chi connectivity index (χ2n) is 4.77. The number of aliphatic hydroxyl groups excluding tert-OH is 1. The Balaban J connectivity index is 1.88. The summed E-state index contributed by atoms with van der Waals surface area (Å²) in [6.45, 7) is 0.364. The number of nitrogens with zero attached hydrogens (tertiary/aromatic N) is 1. The molecule has 0 unspecified atom stereocenters. The number of methoxy groups -OCH3 is 2. The summed E-state index contributed by atoms with van der Waals surface area (Å²) in [7, 11) is 3.06. The van der Waals surface area contributed by atoms with Crippen molar-refractivity contribution in [1.82, 2.24) is 20.8 Å². The van der Waals surface area contributed by atoms with Gasteiger partial charge in [-0.3, -0.25) is 5.10 Å². The Bertz CT molecular complexity index is 630. The van der Waals surface area contributed by atoms with Crippen LogP contribution in [0.15, 0.2) is 30.5 Å². The summed E-state index contributed by atoms with van der Waals surface area (Å²) in [6, 6.07) is 6.49. The van der Waals surface area contributed by atoms with E-state index in [0.717, 1.165) is 5.69 Å². The first-order valence-corrected chi connectivity index (χ1v) is 7.04. The van der Waals surface area contributed by atoms with Crippen molar-refractivity contribution in [2.45, 2.75) is 12.6 Å². The van der Waals surface area contributed by atoms with Gasteiger partial charge >= 0.3 is 6.03 Å². The number of benzene rings is 1. The predicted octanol–water partition coefficient (Wildman–Crippen LogP) is 0.960. The van der Waals surface area contributed by atoms with Gasteiger partial charge in [-0.25, -0.2) is 4.79 Å². The molecular formula is C15H20N4O4. The summed E-state index contributed by atoms with van der Waals surface area (Å²) in [6.07, 6.45) is 0.686. The Morgan fingerprint density at radius 2 is 2.13 bits per heavy atom. The number of nitrogens with one attached hydrogen (secondary N) is 3. The van der Waals surface area contributed by atoms with Gasteiger partial charge in [0, 0.05) is 18.3 Å². The third-order valence-electron chi connectivity index (χ3n) is 3.25. The molecule has 2 rings (SSSR count). The summed E-state index contributed by atoms with van der Waals surface area (Å²) in [4.78, 5) is 11.7. The van der Waals surface area contributed by atoms with E-state index in [0.29, 0.717) is 23.6 Å². The fourth-order valence-corrected chi connectivity index (χ4v) is 2.02. The molecule has 0 saturated carbocycles. The Morgan fingerprint density at radius 1 is 1.30 bits per heavy atom. The lowest BCUT2D eigenvalue weighted by molar-refractivity contribution is 0.169. The van der Waals surface area contributed by atoms with Crippen molar-refractivity contribution < 1.29 is 19.4 Å². The number of urea groups is 1. The highest BCUT2D eigenvalue weighted by Gasteiger charge is 2.15. The molecule has 0 fully saturated rings. The number of aromatic nitrogens is 2. The standard InChI is InChI=1S/C15H20N4O4/c1-22-11-3-4-14(23-2)12(7-11)13(20)9-17-15(21)16-8-10-5-6-18-19-10/h3-7,13,20H,8-9H2,1-2H3,(H,18,19)(H2,16,17,21)/t13-/m0/s1. The van der Waals surface area contributed by atoms with Crippen LogP contribution in [0.4, 0.5) is 4.79 Å². The number of amides is 2. The minimum Gasteiger partial charge on any atom is -0.497 e. The number of hydrogen-bond acceptors (Lipinski definition) is 5. The largest absolute Gasteiger partial charge is 0.497 e. The molecule has 0 saturated heterocycles. The fraction of sp³-hybridized carbons (Fsp3) is 0.333. The molecule has 23 heavy (non-hydrogen) atoms. The maximum Gasteiger partial charge on any atom is 0.315 e. The lowest BCUT2D eigenvalue weighted by Gasteiger charge is -2.16. The van der Waals surface area contributed by atoms with Crippen LogP contribution in [0, 0.1) is 0 Å². The monoisotopic (exact) mass is 320 g/mol. The Hall–Kier alpha value is -2.74. The third-order valence-corrected chi connectivity index (χ3v) is 3.25. The number of carbonyl (C=O) groups is 1. The zero-order valence-electron chi connectivity index (χ0n) is 13.0. The van der Waals surface area contributed by atoms with E-state index in [9.17, 15) is 9.90 Å². The highest BCUT2D eigenvalue weighted by Crippen LogP contribution is 2.28. The lowest BCUT2D eigenvalue weighted by Crippen LogP contribution is -2.37. The number of rotatable bonds is 7. The molecule has 0 radical (unpaired) electrons. The molecule has 0 aliphatic rings. The Labute approximate surface area is 133 Å². The molecule has 2 amide bonds. The molecule has 1 heterocycles. The van der Waals surface area contributed by atoms with Crippen LogP contribution in [0.25, 0.3) is 0 Å². The molecule has 4 N–H and O–H groups in total. The predicted molar refractivity (Wildman–Crippen MR) is 83.3 cm³/mol. The van der Waals surface area contributed by atoms with Crippen LogP contribution < -0.4 is 20.1 Å². The van der Waals surface area contributed by atoms with E-state index in [2.05, 4.69) is 20.8 Å². The number of carbonyl (C=O) groups excluding carboxylic acids is 1. The van der Waals surface area contributed by atoms with Crippen LogP contribution in [0.2, 0.25) is 0 Å². The molecular weight excluding hydrogens is 300 g/mol. The number of ether oxygens (including phenoxy) is 2. The second-order valence-corrected chi connectivity index (χ2v) is 4.77. The van der Waals surface area contributed by atoms with Gasteiger partial charge < -0.3 is 25.2 Å². The van der Waals surface area contributed by atoms with Gasteiger partial charge in [-0.05, 0) is 24.3 Å². The van der Waals surface area contributed by atoms with E-state index in [-0.39, 0.29) is 12.6 Å². The van der Waals surface area contributed by atoms with Gasteiger partial charge in [0.2, 0.25) is 0 Å². The van der Waals surface area contributed by atoms with Crippen LogP contribution in [-0.2, 0) is 6.54 Å². The van der Waals surface area contributed by atoms with Gasteiger partial charge in [0.1, 0.15) is 17.6 Å². The van der Waals surface area contributed by atoms with E-state index in [1.54, 1.807) is 37.6 Å². The summed E-state index contributed by atoms with van der Waals surface area (Å²) in [5.74, 6) is 1.13. The molecule has 124 valence electrons. The fourth-order valence-electron chi connectivity index (χ4n) is 2.02. The number of aromatic amines is 1. The van der Waals surface area contributed by atoms with Crippen molar-refractivity contribution in [3.8, 4) is 11.5 Å². The lowest BCUT2D eigenvalue weighted by atomic mass is 10.1. The van der Waals surface area contributed by atoms with Gasteiger partial charge in [-0.1, -0.05) is 0 Å². The quantitative estimate of drug-likeness (QED) is 0.608. The van der Waals surface area contributed by atoms with Crippen molar-refractivity contribution in [1.29, 1.82) is 0 Å². The maximum absolute atomic E-state index is 11.7. The average molecular weight is 320 g/mol. The molecule has 8 heteroatoms. The summed E-state index contributed by atoms with van der Waals surface area (Å²) in [5.41, 5.74) is 1.33. The van der Waals surface area contributed by atoms with E-state index in [4.69, 9.17) is 9.47 Å². The molecule has 0 aliphatic carbocycles. The van der Waals surface area contributed by atoms with Gasteiger partial charge in [-0.2, -0.15) is 5.10 Å². The summed E-state index contributed by atoms with van der Waals surface area (Å²) in [5, 5.41) is 22.0. The summed E-state index contributed by atoms with van der Waals surface area (Å²) < 4.78 is 10.3. The van der Waals surface area contributed by atoms with E-state index in [1.165, 1.54) is 7.11 Å². The SMILES string of the molecule is COc1ccc(OC)c([C@@H](O)CNC(=O)NCc2ccn[nH]2)c1. The molecule has 8 nitrogen and oxygen atoms in total. The van der Waals surface area contributed by atoms with Crippen LogP contribution >= 0.6 is 0 Å². The highest BCUT2D eigenvalue weighted by atomic mass is 16.5. The van der Waals surface area contributed by atoms with E-state index >= 15 is 0 Å². The van der Waals surface area contributed by atoms with Gasteiger partial charge in [-0.15, -0.1) is 0 Å². The first-order chi connectivity index (χ1) is 11.1. The molecule has 0 bridgehead atoms. The topological polar surface area (TPSA) is 108 Å². The number of hydrogen-bond donors (Lipinski definition) is 4. The molecule has 0 spiro atoms. The smallest absolute Gasteiger partial charge is 0.315 e. The van der Waals surface area contributed by atoms with Crippen molar-refractivity contribution in [3.05, 3.63) is 41.7 Å². The normalized spacial score (nSPS) is 11.6. The molecule has 0 aliphatic heterocycles. The number of H-pyrrole nitrogens is 1. The molecule has 1 atom stereocenters. The highest BCUT2D eigenvalue weighted by molar-refractivity contribution is 5.73. The van der Waals surface area contributed by atoms with E-state index in [1.807, 2.05) is 0 Å². The van der Waals surface area contributed by atoms with E-state index < -0.39 is 6.10 Å². The summed E-state index contributed by atoms with van der Waals surface area (Å²) >= 11 is 0. The second kappa shape index (κ2) is 8.04. The zero-order chi connectivity index (χ0) is 16.7. The van der Waals surface area contributed by atoms with Crippen LogP contribution in [0.1, 0.15) is 17.4 Å². The third kappa shape index (κ3) is 4.62. The van der Waals surface area contributed by atoms with Crippen LogP contribution in [0.5, 0.6) is 11.5 Å². The first kappa shape index (κ1) is 16.6. The average Bonchev–Trinajstić information content (AvgIpc) is 3.10. The van der Waals surface area contributed by atoms with Gasteiger partial charge in [0.15, 0.2) is 0 Å². The van der Waals surface area contributed by atoms with Crippen LogP contribution in [0.3, 0.4) is 0 Å². The van der Waals surface area contributed by atoms with Crippen molar-refractivity contribution in [2.24, 2.45) is 0 Å². The minimum atomic E-state index is -0.919. The molecule has 1 aromatic heterocycles. The first-order valence-electron chi connectivity index (χ1n) is 7.04. The van der Waals surface area contributed by atoms with Gasteiger partial charge in [0.25, 0.3) is 0 Å². The Morgan fingerprint density at radius 3 is 2.78 bits per heavy atom. The van der Waals surface area contributed by atoms with Crippen LogP contribution in [-0.4, -0.2) is 42.1 Å². The van der Waals surface area contributed by atoms with Gasteiger partial charge in [0.05, 0.1) is 26.5 Å². The van der Waals surface area contributed by atoms with Crippen molar-refractivity contribution >= 4 is 6.03 Å².